The first kappa shape index (κ1) is 35.6. The molecular weight excluding hydrogens is 596 g/mol. The summed E-state index contributed by atoms with van der Waals surface area (Å²) in [4.78, 5) is 29.5. The number of aliphatic hydroxyl groups is 1. The van der Waals surface area contributed by atoms with Crippen LogP contribution in [-0.2, 0) is 16.0 Å². The zero-order chi connectivity index (χ0) is 33.0. The highest BCUT2D eigenvalue weighted by molar-refractivity contribution is 5.89. The quantitative estimate of drug-likeness (QED) is 0.0990. The molecule has 3 rings (SSSR count). The summed E-state index contributed by atoms with van der Waals surface area (Å²) in [6.07, 6.45) is -4.73. The molecule has 8 N–H and O–H groups in total. The van der Waals surface area contributed by atoms with Crippen LogP contribution in [0.4, 0.5) is 26.3 Å². The molecule has 0 spiro atoms. The third-order valence-corrected chi connectivity index (χ3v) is 4.96. The molecule has 2 aromatic carbocycles. The van der Waals surface area contributed by atoms with E-state index in [2.05, 4.69) is 10.2 Å². The number of nitrogens with zero attached hydrogens (tertiary/aromatic N) is 3. The largest absolute Gasteiger partial charge is 0.490 e. The van der Waals surface area contributed by atoms with Gasteiger partial charge in [-0.25, -0.2) is 14.4 Å². The average molecular weight is 619 g/mol. The molecule has 0 aliphatic heterocycles. The molecule has 0 radical (unpaired) electrons. The van der Waals surface area contributed by atoms with E-state index in [9.17, 15) is 41.4 Å². The Morgan fingerprint density at radius 2 is 1.30 bits per heavy atom. The number of aliphatic carboxylic acids is 2. The van der Waals surface area contributed by atoms with E-state index in [0.29, 0.717) is 17.5 Å². The number of benzene rings is 2. The van der Waals surface area contributed by atoms with E-state index in [-0.39, 0.29) is 5.56 Å². The number of alkyl halides is 6. The van der Waals surface area contributed by atoms with E-state index < -0.39 is 36.5 Å². The summed E-state index contributed by atoms with van der Waals surface area (Å²) in [5, 5.41) is 41.5. The fourth-order valence-corrected chi connectivity index (χ4v) is 3.08. The van der Waals surface area contributed by atoms with Crippen LogP contribution in [-0.4, -0.2) is 67.7 Å². The maximum Gasteiger partial charge on any atom is 0.490 e. The van der Waals surface area contributed by atoms with Crippen molar-refractivity contribution in [1.29, 1.82) is 0 Å². The van der Waals surface area contributed by atoms with Gasteiger partial charge >= 0.3 is 30.3 Å². The van der Waals surface area contributed by atoms with Crippen molar-refractivity contribution >= 4 is 30.3 Å². The Morgan fingerprint density at radius 1 is 0.814 bits per heavy atom. The SMILES string of the molecule is NN=Cc1ccc(Cc2cn(C(O)c3cccc(C=NN)c3)cc2C(=O)O)cc1.O=C(O)C(F)(F)F.O=C(O)C(F)(F)F. The normalized spacial score (nSPS) is 12.2. The van der Waals surface area contributed by atoms with Crippen molar-refractivity contribution in [3.63, 3.8) is 0 Å². The molecule has 0 aliphatic rings. The number of nitrogens with two attached hydrogens (primary N) is 2. The van der Waals surface area contributed by atoms with E-state index in [0.717, 1.165) is 16.7 Å². The van der Waals surface area contributed by atoms with Gasteiger partial charge in [0.1, 0.15) is 0 Å². The Morgan fingerprint density at radius 3 is 1.74 bits per heavy atom. The molecule has 0 aliphatic carbocycles. The summed E-state index contributed by atoms with van der Waals surface area (Å²) < 4.78 is 65.0. The minimum absolute atomic E-state index is 0.135. The molecule has 0 saturated carbocycles. The molecule has 43 heavy (non-hydrogen) atoms. The molecule has 0 amide bonds. The molecule has 1 aromatic heterocycles. The Kier molecular flexibility index (Phi) is 12.9. The Labute approximate surface area is 237 Å². The number of halogens is 6. The second-order valence-corrected chi connectivity index (χ2v) is 8.07. The van der Waals surface area contributed by atoms with Gasteiger partial charge in [0.05, 0.1) is 18.0 Å². The number of hydrogen-bond donors (Lipinski definition) is 6. The van der Waals surface area contributed by atoms with E-state index >= 15 is 0 Å². The molecule has 0 saturated heterocycles. The Bertz CT molecular complexity index is 1430. The van der Waals surface area contributed by atoms with E-state index in [1.54, 1.807) is 30.5 Å². The lowest BCUT2D eigenvalue weighted by Gasteiger charge is -2.13. The first-order valence-corrected chi connectivity index (χ1v) is 11.3. The number of hydrogen-bond acceptors (Lipinski definition) is 8. The zero-order valence-corrected chi connectivity index (χ0v) is 21.5. The van der Waals surface area contributed by atoms with Crippen molar-refractivity contribution in [2.75, 3.05) is 0 Å². The number of aromatic carboxylic acids is 1. The van der Waals surface area contributed by atoms with Crippen LogP contribution < -0.4 is 11.7 Å². The van der Waals surface area contributed by atoms with Gasteiger partial charge in [0, 0.05) is 18.0 Å². The van der Waals surface area contributed by atoms with Gasteiger partial charge in [-0.05, 0) is 34.7 Å². The molecule has 1 heterocycles. The van der Waals surface area contributed by atoms with Crippen molar-refractivity contribution in [1.82, 2.24) is 4.57 Å². The zero-order valence-electron chi connectivity index (χ0n) is 21.5. The van der Waals surface area contributed by atoms with Gasteiger partial charge in [-0.3, -0.25) is 0 Å². The fraction of sp³-hybridized carbons (Fsp3) is 0.160. The third-order valence-electron chi connectivity index (χ3n) is 4.96. The Hall–Kier alpha value is -5.39. The maximum absolute atomic E-state index is 11.7. The van der Waals surface area contributed by atoms with Crippen LogP contribution in [0, 0.1) is 0 Å². The highest BCUT2D eigenvalue weighted by Gasteiger charge is 2.38. The van der Waals surface area contributed by atoms with Gasteiger partial charge in [-0.15, -0.1) is 0 Å². The van der Waals surface area contributed by atoms with Gasteiger partial charge < -0.3 is 36.7 Å². The van der Waals surface area contributed by atoms with Crippen LogP contribution in [0.2, 0.25) is 0 Å². The second kappa shape index (κ2) is 15.6. The number of rotatable bonds is 7. The fourth-order valence-electron chi connectivity index (χ4n) is 3.08. The molecule has 0 fully saturated rings. The van der Waals surface area contributed by atoms with Crippen LogP contribution >= 0.6 is 0 Å². The van der Waals surface area contributed by atoms with E-state index in [4.69, 9.17) is 31.5 Å². The van der Waals surface area contributed by atoms with Crippen LogP contribution in [0.15, 0.2) is 71.1 Å². The van der Waals surface area contributed by atoms with Crippen molar-refractivity contribution in [2.24, 2.45) is 21.9 Å². The number of carbonyl (C=O) groups is 3. The van der Waals surface area contributed by atoms with Gasteiger partial charge in [0.25, 0.3) is 0 Å². The van der Waals surface area contributed by atoms with Crippen LogP contribution in [0.1, 0.15) is 44.4 Å². The van der Waals surface area contributed by atoms with Crippen LogP contribution in [0.5, 0.6) is 0 Å². The van der Waals surface area contributed by atoms with Gasteiger partial charge in [-0.2, -0.15) is 36.5 Å². The number of hydrazone groups is 2. The molecule has 0 bridgehead atoms. The standard InChI is InChI=1S/C21H21N5O3.2C2HF3O2/c22-24-10-15-6-4-14(5-7-15)8-18-12-26(13-19(18)21(28)29)20(27)17-3-1-2-16(9-17)11-25-23;2*3-2(4,5)1(6)7/h1-7,9-13,20,27H,8,22-23H2,(H,28,29);2*(H,6,7). The number of aliphatic hydroxyl groups excluding tert-OH is 1. The lowest BCUT2D eigenvalue weighted by Crippen LogP contribution is -2.21. The maximum atomic E-state index is 11.7. The van der Waals surface area contributed by atoms with Crippen LogP contribution in [0.3, 0.4) is 0 Å². The number of carboxylic acids is 3. The summed E-state index contributed by atoms with van der Waals surface area (Å²) in [6.45, 7) is 0. The predicted molar refractivity (Wildman–Crippen MR) is 138 cm³/mol. The molecule has 18 heteroatoms. The lowest BCUT2D eigenvalue weighted by molar-refractivity contribution is -0.193. The predicted octanol–water partition coefficient (Wildman–Crippen LogP) is 3.17. The van der Waals surface area contributed by atoms with Gasteiger partial charge in [-0.1, -0.05) is 42.5 Å². The number of aromatic nitrogens is 1. The highest BCUT2D eigenvalue weighted by atomic mass is 19.4. The Balaban J connectivity index is 0.000000548. The minimum Gasteiger partial charge on any atom is -0.478 e. The molecule has 12 nitrogen and oxygen atoms in total. The molecule has 1 unspecified atom stereocenters. The van der Waals surface area contributed by atoms with Crippen LogP contribution in [0.25, 0.3) is 0 Å². The summed E-state index contributed by atoms with van der Waals surface area (Å²) in [5.74, 6) is 3.75. The number of carboxylic acid groups (broad SMARTS) is 3. The van der Waals surface area contributed by atoms with Gasteiger partial charge in [0.2, 0.25) is 0 Å². The summed E-state index contributed by atoms with van der Waals surface area (Å²) >= 11 is 0. The van der Waals surface area contributed by atoms with Crippen molar-refractivity contribution in [2.45, 2.75) is 25.0 Å². The first-order chi connectivity index (χ1) is 19.9. The first-order valence-electron chi connectivity index (χ1n) is 11.3. The molecule has 1 atom stereocenters. The topological polar surface area (TPSA) is 214 Å². The van der Waals surface area contributed by atoms with Crippen molar-refractivity contribution in [3.05, 3.63) is 94.3 Å². The molecule has 3 aromatic rings. The highest BCUT2D eigenvalue weighted by Crippen LogP contribution is 2.23. The van der Waals surface area contributed by atoms with Gasteiger partial charge in [0.15, 0.2) is 6.23 Å². The summed E-state index contributed by atoms with van der Waals surface area (Å²) in [6, 6.07) is 14.5. The second-order valence-electron chi connectivity index (χ2n) is 8.07. The molecular formula is C25H23F6N5O7. The lowest BCUT2D eigenvalue weighted by atomic mass is 10.0. The minimum atomic E-state index is -5.08. The summed E-state index contributed by atoms with van der Waals surface area (Å²) in [5.41, 5.74) is 3.83. The van der Waals surface area contributed by atoms with Crippen molar-refractivity contribution < 1.29 is 61.2 Å². The smallest absolute Gasteiger partial charge is 0.478 e. The van der Waals surface area contributed by atoms with Crippen molar-refractivity contribution in [3.8, 4) is 0 Å². The van der Waals surface area contributed by atoms with E-state index in [1.807, 2.05) is 24.3 Å². The average Bonchev–Trinajstić information content (AvgIpc) is 3.33. The monoisotopic (exact) mass is 619 g/mol. The molecule has 232 valence electrons. The summed E-state index contributed by atoms with van der Waals surface area (Å²) in [7, 11) is 0. The van der Waals surface area contributed by atoms with E-state index in [1.165, 1.54) is 23.2 Å². The third kappa shape index (κ3) is 11.9.